The third-order valence-corrected chi connectivity index (χ3v) is 3.73. The standard InChI is InChI=1S/C15H23N3O/c1-4-12-7-6-8-13(9-12)18(5-2)11(3)14-10-19-15(16)17-14/h6-9,11,14H,4-5,10H2,1-3H3,(H2,16,17). The van der Waals surface area contributed by atoms with E-state index in [-0.39, 0.29) is 12.1 Å². The summed E-state index contributed by atoms with van der Waals surface area (Å²) in [4.78, 5) is 6.71. The second-order valence-electron chi connectivity index (χ2n) is 4.90. The summed E-state index contributed by atoms with van der Waals surface area (Å²) in [6.45, 7) is 8.04. The predicted octanol–water partition coefficient (Wildman–Crippen LogP) is 2.18. The van der Waals surface area contributed by atoms with Gasteiger partial charge in [-0.25, -0.2) is 4.99 Å². The Bertz CT molecular complexity index is 458. The van der Waals surface area contributed by atoms with Crippen LogP contribution in [0.4, 0.5) is 5.69 Å². The zero-order chi connectivity index (χ0) is 13.8. The molecule has 0 amide bonds. The van der Waals surface area contributed by atoms with Gasteiger partial charge in [0.15, 0.2) is 0 Å². The van der Waals surface area contributed by atoms with Gasteiger partial charge in [0, 0.05) is 12.2 Å². The molecule has 1 aliphatic rings. The van der Waals surface area contributed by atoms with E-state index in [1.807, 2.05) is 0 Å². The molecule has 0 radical (unpaired) electrons. The Morgan fingerprint density at radius 3 is 2.84 bits per heavy atom. The maximum atomic E-state index is 5.60. The molecule has 0 saturated heterocycles. The SMILES string of the molecule is CCc1cccc(N(CC)C(C)C2COC(N)=N2)c1. The first-order valence-electron chi connectivity index (χ1n) is 6.97. The Hall–Kier alpha value is -1.71. The molecule has 2 atom stereocenters. The number of aliphatic imine (C=N–C) groups is 1. The number of nitrogens with two attached hydrogens (primary N) is 1. The second-order valence-corrected chi connectivity index (χ2v) is 4.90. The topological polar surface area (TPSA) is 50.9 Å². The van der Waals surface area contributed by atoms with E-state index in [4.69, 9.17) is 10.5 Å². The molecule has 4 nitrogen and oxygen atoms in total. The summed E-state index contributed by atoms with van der Waals surface area (Å²) in [5.41, 5.74) is 8.20. The van der Waals surface area contributed by atoms with Gasteiger partial charge in [-0.15, -0.1) is 0 Å². The number of ether oxygens (including phenoxy) is 1. The van der Waals surface area contributed by atoms with Crippen LogP contribution in [0.25, 0.3) is 0 Å². The fourth-order valence-electron chi connectivity index (χ4n) is 2.52. The van der Waals surface area contributed by atoms with E-state index >= 15 is 0 Å². The summed E-state index contributed by atoms with van der Waals surface area (Å²) in [5, 5.41) is 0. The quantitative estimate of drug-likeness (QED) is 0.884. The fourth-order valence-corrected chi connectivity index (χ4v) is 2.52. The van der Waals surface area contributed by atoms with Crippen LogP contribution in [-0.2, 0) is 11.2 Å². The first kappa shape index (κ1) is 13.7. The van der Waals surface area contributed by atoms with Gasteiger partial charge in [0.25, 0.3) is 6.02 Å². The number of hydrogen-bond donors (Lipinski definition) is 1. The number of anilines is 1. The maximum absolute atomic E-state index is 5.60. The van der Waals surface area contributed by atoms with Gasteiger partial charge in [0.05, 0.1) is 6.04 Å². The van der Waals surface area contributed by atoms with Gasteiger partial charge in [-0.3, -0.25) is 0 Å². The average molecular weight is 261 g/mol. The smallest absolute Gasteiger partial charge is 0.282 e. The minimum atomic E-state index is 0.116. The average Bonchev–Trinajstić information content (AvgIpc) is 2.86. The molecule has 0 fully saturated rings. The van der Waals surface area contributed by atoms with Crippen molar-refractivity contribution in [3.8, 4) is 0 Å². The number of aryl methyl sites for hydroxylation is 1. The van der Waals surface area contributed by atoms with Crippen LogP contribution in [0.3, 0.4) is 0 Å². The molecule has 1 aromatic carbocycles. The number of likely N-dealkylation sites (N-methyl/N-ethyl adjacent to an activating group) is 1. The Morgan fingerprint density at radius 2 is 2.26 bits per heavy atom. The first-order chi connectivity index (χ1) is 9.15. The van der Waals surface area contributed by atoms with Crippen LogP contribution in [-0.4, -0.2) is 31.3 Å². The number of nitrogens with zero attached hydrogens (tertiary/aromatic N) is 2. The van der Waals surface area contributed by atoms with Crippen molar-refractivity contribution >= 4 is 11.7 Å². The summed E-state index contributed by atoms with van der Waals surface area (Å²) < 4.78 is 5.26. The highest BCUT2D eigenvalue weighted by Crippen LogP contribution is 2.22. The highest BCUT2D eigenvalue weighted by molar-refractivity contribution is 5.73. The van der Waals surface area contributed by atoms with Gasteiger partial charge >= 0.3 is 0 Å². The lowest BCUT2D eigenvalue weighted by Crippen LogP contribution is -2.41. The molecule has 0 aromatic heterocycles. The molecular weight excluding hydrogens is 238 g/mol. The van der Waals surface area contributed by atoms with Crippen molar-refractivity contribution in [2.75, 3.05) is 18.1 Å². The monoisotopic (exact) mass is 261 g/mol. The summed E-state index contributed by atoms with van der Waals surface area (Å²) >= 11 is 0. The highest BCUT2D eigenvalue weighted by Gasteiger charge is 2.27. The van der Waals surface area contributed by atoms with Gasteiger partial charge < -0.3 is 15.4 Å². The van der Waals surface area contributed by atoms with Gasteiger partial charge in [0.2, 0.25) is 0 Å². The van der Waals surface area contributed by atoms with Crippen molar-refractivity contribution in [1.29, 1.82) is 0 Å². The number of hydrogen-bond acceptors (Lipinski definition) is 4. The minimum absolute atomic E-state index is 0.116. The molecule has 0 saturated carbocycles. The van der Waals surface area contributed by atoms with E-state index in [1.165, 1.54) is 11.3 Å². The molecule has 2 rings (SSSR count). The van der Waals surface area contributed by atoms with E-state index in [0.29, 0.717) is 12.6 Å². The van der Waals surface area contributed by atoms with Gasteiger partial charge in [0.1, 0.15) is 12.6 Å². The molecule has 0 aliphatic carbocycles. The minimum Gasteiger partial charge on any atom is -0.463 e. The molecule has 2 N–H and O–H groups in total. The molecule has 1 aromatic rings. The van der Waals surface area contributed by atoms with Gasteiger partial charge in [-0.05, 0) is 38.0 Å². The van der Waals surface area contributed by atoms with Crippen LogP contribution >= 0.6 is 0 Å². The van der Waals surface area contributed by atoms with Crippen LogP contribution in [0, 0.1) is 0 Å². The van der Waals surface area contributed by atoms with E-state index in [9.17, 15) is 0 Å². The second kappa shape index (κ2) is 5.95. The Morgan fingerprint density at radius 1 is 1.47 bits per heavy atom. The van der Waals surface area contributed by atoms with Crippen LogP contribution in [0.2, 0.25) is 0 Å². The maximum Gasteiger partial charge on any atom is 0.282 e. The van der Waals surface area contributed by atoms with Crippen molar-refractivity contribution in [3.63, 3.8) is 0 Å². The Kier molecular flexibility index (Phi) is 4.30. The lowest BCUT2D eigenvalue weighted by Gasteiger charge is -2.32. The third-order valence-electron chi connectivity index (χ3n) is 3.73. The molecule has 0 bridgehead atoms. The largest absolute Gasteiger partial charge is 0.463 e. The van der Waals surface area contributed by atoms with E-state index in [1.54, 1.807) is 0 Å². The molecule has 4 heteroatoms. The third kappa shape index (κ3) is 3.00. The summed E-state index contributed by atoms with van der Waals surface area (Å²) in [6.07, 6.45) is 1.05. The van der Waals surface area contributed by atoms with Crippen LogP contribution in [0.15, 0.2) is 29.3 Å². The fraction of sp³-hybridized carbons (Fsp3) is 0.533. The van der Waals surface area contributed by atoms with Gasteiger partial charge in [-0.1, -0.05) is 19.1 Å². The Labute approximate surface area is 115 Å². The Balaban J connectivity index is 2.18. The molecule has 19 heavy (non-hydrogen) atoms. The highest BCUT2D eigenvalue weighted by atomic mass is 16.5. The zero-order valence-electron chi connectivity index (χ0n) is 12.0. The number of benzene rings is 1. The predicted molar refractivity (Wildman–Crippen MR) is 79.7 cm³/mol. The number of amidine groups is 1. The molecule has 104 valence electrons. The van der Waals surface area contributed by atoms with Crippen molar-refractivity contribution in [1.82, 2.24) is 0 Å². The first-order valence-corrected chi connectivity index (χ1v) is 6.97. The molecule has 1 aliphatic heterocycles. The van der Waals surface area contributed by atoms with Crippen molar-refractivity contribution in [2.24, 2.45) is 10.7 Å². The van der Waals surface area contributed by atoms with E-state index in [0.717, 1.165) is 13.0 Å². The lowest BCUT2D eigenvalue weighted by atomic mass is 10.1. The summed E-state index contributed by atoms with van der Waals surface area (Å²) in [5.74, 6) is 0. The van der Waals surface area contributed by atoms with Crippen LogP contribution in [0.1, 0.15) is 26.3 Å². The summed E-state index contributed by atoms with van der Waals surface area (Å²) in [7, 11) is 0. The zero-order valence-corrected chi connectivity index (χ0v) is 12.0. The van der Waals surface area contributed by atoms with Crippen molar-refractivity contribution < 1.29 is 4.74 Å². The number of rotatable bonds is 5. The summed E-state index contributed by atoms with van der Waals surface area (Å²) in [6, 6.07) is 9.40. The van der Waals surface area contributed by atoms with E-state index < -0.39 is 0 Å². The molecule has 1 heterocycles. The normalized spacial score (nSPS) is 19.7. The van der Waals surface area contributed by atoms with Crippen molar-refractivity contribution in [3.05, 3.63) is 29.8 Å². The van der Waals surface area contributed by atoms with E-state index in [2.05, 4.69) is 54.9 Å². The molecular formula is C15H23N3O. The molecule has 2 unspecified atom stereocenters. The van der Waals surface area contributed by atoms with Gasteiger partial charge in [-0.2, -0.15) is 0 Å². The van der Waals surface area contributed by atoms with Crippen molar-refractivity contribution in [2.45, 2.75) is 39.3 Å². The molecule has 0 spiro atoms. The van der Waals surface area contributed by atoms with Crippen LogP contribution < -0.4 is 10.6 Å². The lowest BCUT2D eigenvalue weighted by molar-refractivity contribution is 0.298. The van der Waals surface area contributed by atoms with Crippen LogP contribution in [0.5, 0.6) is 0 Å².